The number of aromatic nitrogens is 4. The number of thioether (sulfide) groups is 1. The van der Waals surface area contributed by atoms with Crippen molar-refractivity contribution in [1.82, 2.24) is 19.7 Å². The first kappa shape index (κ1) is 20.9. The standard InChI is InChI=1S/C24H19N5O3S/c1-15-5-2-3-7-19(15)29-23(17-6-4-10-25-12-17)27-28-24(29)33-14-20(30)16-8-9-21-18(11-16)26-22(31)13-32-21/h2-12H,13-14H2,1H3,(H,26,31). The minimum absolute atomic E-state index is 0.0238. The normalized spacial score (nSPS) is 12.6. The van der Waals surface area contributed by atoms with Crippen molar-refractivity contribution in [3.63, 3.8) is 0 Å². The fourth-order valence-electron chi connectivity index (χ4n) is 3.55. The van der Waals surface area contributed by atoms with E-state index in [1.54, 1.807) is 30.6 Å². The summed E-state index contributed by atoms with van der Waals surface area (Å²) < 4.78 is 7.31. The number of fused-ring (bicyclic) bond motifs is 1. The van der Waals surface area contributed by atoms with Crippen LogP contribution in [0.15, 0.2) is 72.1 Å². The van der Waals surface area contributed by atoms with Crippen molar-refractivity contribution < 1.29 is 14.3 Å². The van der Waals surface area contributed by atoms with Crippen LogP contribution in [0.4, 0.5) is 5.69 Å². The number of carbonyl (C=O) groups is 2. The topological polar surface area (TPSA) is 99.0 Å². The maximum absolute atomic E-state index is 12.9. The molecule has 5 rings (SSSR count). The van der Waals surface area contributed by atoms with Crippen LogP contribution in [0.5, 0.6) is 5.75 Å². The number of benzene rings is 2. The molecular formula is C24H19N5O3S. The molecule has 0 atom stereocenters. The van der Waals surface area contributed by atoms with E-state index in [9.17, 15) is 9.59 Å². The van der Waals surface area contributed by atoms with Crippen molar-refractivity contribution in [3.8, 4) is 22.8 Å². The summed E-state index contributed by atoms with van der Waals surface area (Å²) in [5, 5.41) is 12.1. The molecule has 4 aromatic rings. The quantitative estimate of drug-likeness (QED) is 0.346. The monoisotopic (exact) mass is 457 g/mol. The lowest BCUT2D eigenvalue weighted by Crippen LogP contribution is -2.25. The maximum Gasteiger partial charge on any atom is 0.262 e. The van der Waals surface area contributed by atoms with E-state index >= 15 is 0 Å². The Morgan fingerprint density at radius 3 is 2.85 bits per heavy atom. The van der Waals surface area contributed by atoms with Gasteiger partial charge in [-0.1, -0.05) is 30.0 Å². The molecule has 1 N–H and O–H groups in total. The van der Waals surface area contributed by atoms with Crippen LogP contribution in [0, 0.1) is 6.92 Å². The highest BCUT2D eigenvalue weighted by Crippen LogP contribution is 2.31. The van der Waals surface area contributed by atoms with Gasteiger partial charge in [0.2, 0.25) is 0 Å². The lowest BCUT2D eigenvalue weighted by Gasteiger charge is -2.18. The van der Waals surface area contributed by atoms with Crippen molar-refractivity contribution in [2.24, 2.45) is 0 Å². The molecule has 0 saturated carbocycles. The molecule has 0 saturated heterocycles. The second-order valence-corrected chi connectivity index (χ2v) is 8.37. The van der Waals surface area contributed by atoms with Gasteiger partial charge < -0.3 is 10.1 Å². The Morgan fingerprint density at radius 2 is 2.03 bits per heavy atom. The van der Waals surface area contributed by atoms with Gasteiger partial charge in [-0.25, -0.2) is 0 Å². The number of Topliss-reactive ketones (excluding diaryl/α,β-unsaturated/α-hetero) is 1. The SMILES string of the molecule is Cc1ccccc1-n1c(SCC(=O)c2ccc3c(c2)NC(=O)CO3)nnc1-c1cccnc1. The van der Waals surface area contributed by atoms with Gasteiger partial charge >= 0.3 is 0 Å². The summed E-state index contributed by atoms with van der Waals surface area (Å²) in [6, 6.07) is 16.8. The molecule has 0 radical (unpaired) electrons. The molecule has 8 nitrogen and oxygen atoms in total. The Morgan fingerprint density at radius 1 is 1.15 bits per heavy atom. The van der Waals surface area contributed by atoms with Crippen LogP contribution < -0.4 is 10.1 Å². The fourth-order valence-corrected chi connectivity index (χ4v) is 4.39. The highest BCUT2D eigenvalue weighted by molar-refractivity contribution is 7.99. The molecule has 1 aliphatic rings. The van der Waals surface area contributed by atoms with Crippen molar-refractivity contribution in [2.75, 3.05) is 17.7 Å². The summed E-state index contributed by atoms with van der Waals surface area (Å²) in [6.45, 7) is 2.00. The highest BCUT2D eigenvalue weighted by Gasteiger charge is 2.21. The van der Waals surface area contributed by atoms with Gasteiger partial charge in [0.15, 0.2) is 23.4 Å². The van der Waals surface area contributed by atoms with E-state index in [2.05, 4.69) is 20.5 Å². The molecular weight excluding hydrogens is 438 g/mol. The highest BCUT2D eigenvalue weighted by atomic mass is 32.2. The predicted octanol–water partition coefficient (Wildman–Crippen LogP) is 3.94. The van der Waals surface area contributed by atoms with Gasteiger partial charge in [0, 0.05) is 23.5 Å². The second kappa shape index (κ2) is 8.87. The largest absolute Gasteiger partial charge is 0.482 e. The van der Waals surface area contributed by atoms with E-state index in [0.29, 0.717) is 28.0 Å². The molecule has 0 unspecified atom stereocenters. The van der Waals surface area contributed by atoms with Gasteiger partial charge in [0.05, 0.1) is 17.1 Å². The molecule has 2 aromatic heterocycles. The number of ether oxygens (including phenoxy) is 1. The second-order valence-electron chi connectivity index (χ2n) is 7.43. The van der Waals surface area contributed by atoms with Crippen molar-refractivity contribution in [2.45, 2.75) is 12.1 Å². The van der Waals surface area contributed by atoms with Gasteiger partial charge in [-0.15, -0.1) is 10.2 Å². The number of carbonyl (C=O) groups excluding carboxylic acids is 2. The number of ketones is 1. The number of nitrogens with one attached hydrogen (secondary N) is 1. The number of pyridine rings is 1. The minimum Gasteiger partial charge on any atom is -0.482 e. The number of aryl methyl sites for hydroxylation is 1. The van der Waals surface area contributed by atoms with Crippen LogP contribution in [0.2, 0.25) is 0 Å². The number of rotatable bonds is 6. The summed E-state index contributed by atoms with van der Waals surface area (Å²) >= 11 is 1.31. The smallest absolute Gasteiger partial charge is 0.262 e. The number of para-hydroxylation sites is 1. The molecule has 2 aromatic carbocycles. The Balaban J connectivity index is 1.44. The Kier molecular flexibility index (Phi) is 5.62. The molecule has 164 valence electrons. The average Bonchev–Trinajstić information content (AvgIpc) is 3.26. The molecule has 0 aliphatic carbocycles. The van der Waals surface area contributed by atoms with Crippen LogP contribution in [-0.4, -0.2) is 43.8 Å². The van der Waals surface area contributed by atoms with E-state index in [0.717, 1.165) is 16.8 Å². The first-order valence-electron chi connectivity index (χ1n) is 10.2. The number of nitrogens with zero attached hydrogens (tertiary/aromatic N) is 4. The third kappa shape index (κ3) is 4.22. The van der Waals surface area contributed by atoms with Gasteiger partial charge in [0.1, 0.15) is 5.75 Å². The summed E-state index contributed by atoms with van der Waals surface area (Å²) in [5.41, 5.74) is 3.81. The zero-order valence-corrected chi connectivity index (χ0v) is 18.5. The van der Waals surface area contributed by atoms with Crippen LogP contribution in [0.3, 0.4) is 0 Å². The van der Waals surface area contributed by atoms with E-state index in [-0.39, 0.29) is 24.1 Å². The Labute approximate surface area is 194 Å². The number of hydrogen-bond donors (Lipinski definition) is 1. The third-order valence-electron chi connectivity index (χ3n) is 5.18. The van der Waals surface area contributed by atoms with Crippen molar-refractivity contribution in [1.29, 1.82) is 0 Å². The fraction of sp³-hybridized carbons (Fsp3) is 0.125. The van der Waals surface area contributed by atoms with E-state index in [1.807, 2.05) is 47.9 Å². The summed E-state index contributed by atoms with van der Waals surface area (Å²) in [7, 11) is 0. The molecule has 0 bridgehead atoms. The first-order valence-corrected chi connectivity index (χ1v) is 11.2. The summed E-state index contributed by atoms with van der Waals surface area (Å²) in [5.74, 6) is 1.03. The molecule has 1 amide bonds. The number of hydrogen-bond acceptors (Lipinski definition) is 7. The lowest BCUT2D eigenvalue weighted by molar-refractivity contribution is -0.118. The van der Waals surface area contributed by atoms with Crippen LogP contribution >= 0.6 is 11.8 Å². The molecule has 9 heteroatoms. The summed E-state index contributed by atoms with van der Waals surface area (Å²) in [4.78, 5) is 28.7. The van der Waals surface area contributed by atoms with Crippen molar-refractivity contribution >= 4 is 29.1 Å². The number of amides is 1. The van der Waals surface area contributed by atoms with Crippen LogP contribution in [0.1, 0.15) is 15.9 Å². The van der Waals surface area contributed by atoms with E-state index in [1.165, 1.54) is 11.8 Å². The zero-order valence-electron chi connectivity index (χ0n) is 17.7. The minimum atomic E-state index is -0.240. The van der Waals surface area contributed by atoms with E-state index < -0.39 is 0 Å². The first-order chi connectivity index (χ1) is 16.1. The Hall–Kier alpha value is -3.98. The average molecular weight is 458 g/mol. The van der Waals surface area contributed by atoms with Gasteiger partial charge in [-0.3, -0.25) is 19.1 Å². The Bertz CT molecular complexity index is 1350. The predicted molar refractivity (Wildman–Crippen MR) is 125 cm³/mol. The molecule has 3 heterocycles. The molecule has 0 spiro atoms. The van der Waals surface area contributed by atoms with E-state index in [4.69, 9.17) is 4.74 Å². The zero-order chi connectivity index (χ0) is 22.8. The van der Waals surface area contributed by atoms with Crippen LogP contribution in [0.25, 0.3) is 17.1 Å². The molecule has 1 aliphatic heterocycles. The van der Waals surface area contributed by atoms with Gasteiger partial charge in [-0.05, 0) is 48.9 Å². The van der Waals surface area contributed by atoms with Crippen molar-refractivity contribution in [3.05, 3.63) is 78.1 Å². The third-order valence-corrected chi connectivity index (χ3v) is 6.11. The van der Waals surface area contributed by atoms with Gasteiger partial charge in [-0.2, -0.15) is 0 Å². The molecule has 0 fully saturated rings. The van der Waals surface area contributed by atoms with Gasteiger partial charge in [0.25, 0.3) is 5.91 Å². The summed E-state index contributed by atoms with van der Waals surface area (Å²) in [6.07, 6.45) is 3.44. The molecule has 33 heavy (non-hydrogen) atoms. The maximum atomic E-state index is 12.9. The lowest BCUT2D eigenvalue weighted by atomic mass is 10.1. The number of anilines is 1. The van der Waals surface area contributed by atoms with Crippen LogP contribution in [-0.2, 0) is 4.79 Å².